The summed E-state index contributed by atoms with van der Waals surface area (Å²) in [5, 5.41) is 16.5. The predicted molar refractivity (Wildman–Crippen MR) is 120 cm³/mol. The molecule has 1 N–H and O–H groups in total. The van der Waals surface area contributed by atoms with Crippen LogP contribution in [0.4, 0.5) is 0 Å². The van der Waals surface area contributed by atoms with Gasteiger partial charge in [0.25, 0.3) is 0 Å². The number of carbonyl (C=O) groups is 1. The van der Waals surface area contributed by atoms with Gasteiger partial charge < -0.3 is 5.32 Å². The van der Waals surface area contributed by atoms with Gasteiger partial charge in [-0.1, -0.05) is 49.7 Å². The zero-order chi connectivity index (χ0) is 20.6. The van der Waals surface area contributed by atoms with Crippen LogP contribution in [0.5, 0.6) is 0 Å². The highest BCUT2D eigenvalue weighted by molar-refractivity contribution is 8.02. The summed E-state index contributed by atoms with van der Waals surface area (Å²) in [5.74, 6) is 0.697. The number of carbonyl (C=O) groups excluding carboxylic acids is 1. The van der Waals surface area contributed by atoms with Crippen LogP contribution in [0.15, 0.2) is 63.7 Å². The minimum absolute atomic E-state index is 0.0696. The number of hydrogen-bond donors (Lipinski definition) is 1. The SMILES string of the molecule is Cc1ccc(CSC2=C(C#N)[C@H](c3cccs3)C3=C(CC(C)(C)CC3=O)N2)cc1. The molecule has 0 bridgehead atoms. The van der Waals surface area contributed by atoms with Crippen LogP contribution in [0, 0.1) is 23.7 Å². The lowest BCUT2D eigenvalue weighted by Crippen LogP contribution is -2.36. The number of aryl methyl sites for hydroxylation is 1. The summed E-state index contributed by atoms with van der Waals surface area (Å²) in [6.07, 6.45) is 1.35. The minimum Gasteiger partial charge on any atom is -0.352 e. The summed E-state index contributed by atoms with van der Waals surface area (Å²) in [4.78, 5) is 14.2. The monoisotopic (exact) mass is 420 g/mol. The third-order valence-electron chi connectivity index (χ3n) is 5.46. The van der Waals surface area contributed by atoms with Crippen molar-refractivity contribution in [3.63, 3.8) is 0 Å². The van der Waals surface area contributed by atoms with E-state index >= 15 is 0 Å². The molecule has 1 atom stereocenters. The number of nitrogens with one attached hydrogen (secondary N) is 1. The van der Waals surface area contributed by atoms with E-state index in [-0.39, 0.29) is 17.1 Å². The molecule has 29 heavy (non-hydrogen) atoms. The Morgan fingerprint density at radius 1 is 1.24 bits per heavy atom. The normalized spacial score (nSPS) is 20.9. The lowest BCUT2D eigenvalue weighted by Gasteiger charge is -2.38. The van der Waals surface area contributed by atoms with Gasteiger partial charge in [-0.25, -0.2) is 0 Å². The fourth-order valence-corrected chi connectivity index (χ4v) is 5.93. The van der Waals surface area contributed by atoms with Crippen molar-refractivity contribution < 1.29 is 4.79 Å². The third kappa shape index (κ3) is 4.05. The molecule has 0 fully saturated rings. The van der Waals surface area contributed by atoms with E-state index < -0.39 is 0 Å². The van der Waals surface area contributed by atoms with Crippen LogP contribution in [0.25, 0.3) is 0 Å². The van der Waals surface area contributed by atoms with Crippen LogP contribution in [0.2, 0.25) is 0 Å². The van der Waals surface area contributed by atoms with Crippen molar-refractivity contribution in [2.75, 3.05) is 0 Å². The van der Waals surface area contributed by atoms with Crippen molar-refractivity contribution in [3.05, 3.63) is 79.7 Å². The van der Waals surface area contributed by atoms with Gasteiger partial charge in [0.05, 0.1) is 22.6 Å². The van der Waals surface area contributed by atoms with Gasteiger partial charge in [-0.05, 0) is 35.8 Å². The van der Waals surface area contributed by atoms with E-state index in [1.54, 1.807) is 23.1 Å². The number of nitriles is 1. The number of thiophene rings is 1. The summed E-state index contributed by atoms with van der Waals surface area (Å²) < 4.78 is 0. The maximum Gasteiger partial charge on any atom is 0.162 e. The van der Waals surface area contributed by atoms with E-state index in [2.05, 4.69) is 56.4 Å². The van der Waals surface area contributed by atoms with Crippen molar-refractivity contribution in [2.45, 2.75) is 45.3 Å². The number of Topliss-reactive ketones (excluding diaryl/α,β-unsaturated/α-hetero) is 1. The molecule has 4 rings (SSSR count). The number of rotatable bonds is 4. The second-order valence-electron chi connectivity index (χ2n) is 8.54. The molecule has 0 radical (unpaired) electrons. The van der Waals surface area contributed by atoms with E-state index in [0.717, 1.165) is 33.4 Å². The highest BCUT2D eigenvalue weighted by Gasteiger charge is 2.42. The maximum atomic E-state index is 13.1. The van der Waals surface area contributed by atoms with Gasteiger partial charge in [-0.3, -0.25) is 4.79 Å². The van der Waals surface area contributed by atoms with Crippen molar-refractivity contribution in [3.8, 4) is 6.07 Å². The molecule has 0 unspecified atom stereocenters. The topological polar surface area (TPSA) is 52.9 Å². The summed E-state index contributed by atoms with van der Waals surface area (Å²) in [6, 6.07) is 14.9. The first-order valence-electron chi connectivity index (χ1n) is 9.77. The Balaban J connectivity index is 1.72. The molecular weight excluding hydrogens is 396 g/mol. The molecule has 0 spiro atoms. The molecule has 2 heterocycles. The third-order valence-corrected chi connectivity index (χ3v) is 7.48. The van der Waals surface area contributed by atoms with Crippen LogP contribution in [-0.4, -0.2) is 5.78 Å². The van der Waals surface area contributed by atoms with Crippen LogP contribution in [-0.2, 0) is 10.5 Å². The molecule has 1 aliphatic carbocycles. The smallest absolute Gasteiger partial charge is 0.162 e. The summed E-state index contributed by atoms with van der Waals surface area (Å²) in [5.41, 5.74) is 4.84. The zero-order valence-corrected chi connectivity index (χ0v) is 18.5. The highest BCUT2D eigenvalue weighted by Crippen LogP contribution is 2.48. The Morgan fingerprint density at radius 2 is 2.00 bits per heavy atom. The summed E-state index contributed by atoms with van der Waals surface area (Å²) >= 11 is 3.27. The van der Waals surface area contributed by atoms with Gasteiger partial charge in [0.2, 0.25) is 0 Å². The summed E-state index contributed by atoms with van der Waals surface area (Å²) in [6.45, 7) is 6.36. The van der Waals surface area contributed by atoms with Crippen LogP contribution in [0.3, 0.4) is 0 Å². The Hall–Kier alpha value is -2.29. The average Bonchev–Trinajstić information content (AvgIpc) is 3.19. The highest BCUT2D eigenvalue weighted by atomic mass is 32.2. The maximum absolute atomic E-state index is 13.1. The van der Waals surface area contributed by atoms with E-state index in [0.29, 0.717) is 12.0 Å². The Morgan fingerprint density at radius 3 is 2.66 bits per heavy atom. The fraction of sp³-hybridized carbons (Fsp3) is 0.333. The molecule has 148 valence electrons. The Labute approximate surface area is 180 Å². The predicted octanol–water partition coefficient (Wildman–Crippen LogP) is 6.06. The van der Waals surface area contributed by atoms with Gasteiger partial charge in [0.1, 0.15) is 0 Å². The number of ketones is 1. The number of allylic oxidation sites excluding steroid dienone is 3. The standard InChI is InChI=1S/C24H24N2OS2/c1-15-6-8-16(9-7-15)14-29-23-17(13-25)21(20-5-4-10-28-20)22-18(26-23)11-24(2,3)12-19(22)27/h4-10,21,26H,11-12,14H2,1-3H3/t21-/m1/s1. The zero-order valence-electron chi connectivity index (χ0n) is 16.9. The van der Waals surface area contributed by atoms with Crippen molar-refractivity contribution in [2.24, 2.45) is 5.41 Å². The van der Waals surface area contributed by atoms with Gasteiger partial charge in [-0.2, -0.15) is 5.26 Å². The van der Waals surface area contributed by atoms with Gasteiger partial charge in [0.15, 0.2) is 5.78 Å². The van der Waals surface area contributed by atoms with E-state index in [9.17, 15) is 10.1 Å². The minimum atomic E-state index is -0.250. The quantitative estimate of drug-likeness (QED) is 0.654. The van der Waals surface area contributed by atoms with Gasteiger partial charge in [0, 0.05) is 28.3 Å². The number of benzene rings is 1. The molecular formula is C24H24N2OS2. The van der Waals surface area contributed by atoms with Crippen molar-refractivity contribution in [1.29, 1.82) is 5.26 Å². The van der Waals surface area contributed by atoms with E-state index in [1.807, 2.05) is 17.5 Å². The second kappa shape index (κ2) is 7.85. The van der Waals surface area contributed by atoms with Crippen LogP contribution in [0.1, 0.15) is 48.6 Å². The fourth-order valence-electron chi connectivity index (χ4n) is 4.07. The van der Waals surface area contributed by atoms with E-state index in [4.69, 9.17) is 0 Å². The van der Waals surface area contributed by atoms with Crippen LogP contribution >= 0.6 is 23.1 Å². The first-order chi connectivity index (χ1) is 13.9. The first kappa shape index (κ1) is 20.0. The summed E-state index contributed by atoms with van der Waals surface area (Å²) in [7, 11) is 0. The van der Waals surface area contributed by atoms with Crippen molar-refractivity contribution >= 4 is 28.9 Å². The second-order valence-corrected chi connectivity index (χ2v) is 10.5. The molecule has 1 aromatic carbocycles. The first-order valence-corrected chi connectivity index (χ1v) is 11.6. The number of nitrogens with zero attached hydrogens (tertiary/aromatic N) is 1. The molecule has 2 aromatic rings. The lowest BCUT2D eigenvalue weighted by atomic mass is 9.70. The number of hydrogen-bond acceptors (Lipinski definition) is 5. The lowest BCUT2D eigenvalue weighted by molar-refractivity contribution is -0.118. The number of thioether (sulfide) groups is 1. The Bertz CT molecular complexity index is 1040. The van der Waals surface area contributed by atoms with Crippen LogP contribution < -0.4 is 5.32 Å². The molecule has 3 nitrogen and oxygen atoms in total. The van der Waals surface area contributed by atoms with E-state index in [1.165, 1.54) is 11.1 Å². The van der Waals surface area contributed by atoms with Gasteiger partial charge >= 0.3 is 0 Å². The molecule has 1 aliphatic heterocycles. The van der Waals surface area contributed by atoms with Crippen molar-refractivity contribution in [1.82, 2.24) is 5.32 Å². The molecule has 0 amide bonds. The molecule has 0 saturated heterocycles. The molecule has 5 heteroatoms. The molecule has 0 saturated carbocycles. The largest absolute Gasteiger partial charge is 0.352 e. The number of dihydropyridines is 1. The average molecular weight is 421 g/mol. The molecule has 1 aromatic heterocycles. The van der Waals surface area contributed by atoms with Gasteiger partial charge in [-0.15, -0.1) is 23.1 Å². The Kier molecular flexibility index (Phi) is 5.42. The molecule has 2 aliphatic rings.